The van der Waals surface area contributed by atoms with Crippen molar-refractivity contribution in [3.05, 3.63) is 0 Å². The van der Waals surface area contributed by atoms with Crippen molar-refractivity contribution in [2.24, 2.45) is 11.8 Å². The zero-order valence-corrected chi connectivity index (χ0v) is 12.2. The van der Waals surface area contributed by atoms with Crippen molar-refractivity contribution < 1.29 is 14.7 Å². The molecule has 0 aromatic rings. The molecule has 1 rings (SSSR count). The molecule has 0 saturated heterocycles. The van der Waals surface area contributed by atoms with Crippen LogP contribution in [-0.2, 0) is 9.59 Å². The number of carboxylic acid groups (broad SMARTS) is 1. The molecule has 1 saturated carbocycles. The minimum absolute atomic E-state index is 0.0446. The van der Waals surface area contributed by atoms with Gasteiger partial charge in [-0.15, -0.1) is 0 Å². The molecule has 1 aliphatic carbocycles. The molecule has 110 valence electrons. The molecule has 0 aromatic heterocycles. The van der Waals surface area contributed by atoms with E-state index in [-0.39, 0.29) is 24.2 Å². The van der Waals surface area contributed by atoms with Crippen LogP contribution in [0, 0.1) is 11.8 Å². The summed E-state index contributed by atoms with van der Waals surface area (Å²) < 4.78 is 0. The Morgan fingerprint density at radius 3 is 2.21 bits per heavy atom. The Balaban J connectivity index is 2.48. The molecule has 1 atom stereocenters. The zero-order valence-electron chi connectivity index (χ0n) is 12.2. The fourth-order valence-electron chi connectivity index (χ4n) is 2.78. The van der Waals surface area contributed by atoms with Gasteiger partial charge >= 0.3 is 5.97 Å². The quantitative estimate of drug-likeness (QED) is 0.728. The summed E-state index contributed by atoms with van der Waals surface area (Å²) in [6.07, 6.45) is 7.54. The van der Waals surface area contributed by atoms with E-state index < -0.39 is 5.97 Å². The number of hydrogen-bond donors (Lipinski definition) is 2. The van der Waals surface area contributed by atoms with Crippen molar-refractivity contribution >= 4 is 11.9 Å². The van der Waals surface area contributed by atoms with Crippen molar-refractivity contribution in [3.63, 3.8) is 0 Å². The molecule has 19 heavy (non-hydrogen) atoms. The first-order valence-electron chi connectivity index (χ1n) is 7.53. The highest BCUT2D eigenvalue weighted by atomic mass is 16.4. The summed E-state index contributed by atoms with van der Waals surface area (Å²) in [4.78, 5) is 22.9. The van der Waals surface area contributed by atoms with E-state index in [1.165, 1.54) is 25.7 Å². The van der Waals surface area contributed by atoms with Gasteiger partial charge in [0.2, 0.25) is 5.91 Å². The first-order valence-corrected chi connectivity index (χ1v) is 7.53. The van der Waals surface area contributed by atoms with Gasteiger partial charge in [0, 0.05) is 18.4 Å². The average Bonchev–Trinajstić information content (AvgIpc) is 2.56. The number of hydrogen-bond acceptors (Lipinski definition) is 2. The van der Waals surface area contributed by atoms with Crippen molar-refractivity contribution in [1.29, 1.82) is 0 Å². The van der Waals surface area contributed by atoms with E-state index >= 15 is 0 Å². The largest absolute Gasteiger partial charge is 0.481 e. The normalized spacial score (nSPS) is 18.9. The van der Waals surface area contributed by atoms with Gasteiger partial charge < -0.3 is 10.4 Å². The summed E-state index contributed by atoms with van der Waals surface area (Å²) >= 11 is 0. The lowest BCUT2D eigenvalue weighted by Gasteiger charge is -2.23. The SMILES string of the molecule is CC(C)C(CCC(=O)O)C(=O)NC1CCCCCC1. The Bertz CT molecular complexity index is 294. The lowest BCUT2D eigenvalue weighted by Crippen LogP contribution is -2.40. The van der Waals surface area contributed by atoms with Gasteiger partial charge in [-0.2, -0.15) is 0 Å². The van der Waals surface area contributed by atoms with Crippen LogP contribution in [0.25, 0.3) is 0 Å². The standard InChI is InChI=1S/C15H27NO3/c1-11(2)13(9-10-14(17)18)15(19)16-12-7-5-3-4-6-8-12/h11-13H,3-10H2,1-2H3,(H,16,19)(H,17,18). The lowest BCUT2D eigenvalue weighted by molar-refractivity contribution is -0.137. The Kier molecular flexibility index (Phi) is 6.89. The summed E-state index contributed by atoms with van der Waals surface area (Å²) in [5, 5.41) is 11.9. The van der Waals surface area contributed by atoms with E-state index in [0.29, 0.717) is 12.5 Å². The average molecular weight is 269 g/mol. The summed E-state index contributed by atoms with van der Waals surface area (Å²) in [6, 6.07) is 0.293. The van der Waals surface area contributed by atoms with Gasteiger partial charge in [0.15, 0.2) is 0 Å². The van der Waals surface area contributed by atoms with Crippen LogP contribution in [0.15, 0.2) is 0 Å². The first-order chi connectivity index (χ1) is 9.00. The van der Waals surface area contributed by atoms with Crippen LogP contribution in [0.1, 0.15) is 65.2 Å². The molecule has 0 spiro atoms. The van der Waals surface area contributed by atoms with Gasteiger partial charge in [0.25, 0.3) is 0 Å². The summed E-state index contributed by atoms with van der Waals surface area (Å²) in [7, 11) is 0. The van der Waals surface area contributed by atoms with Crippen LogP contribution in [0.4, 0.5) is 0 Å². The van der Waals surface area contributed by atoms with Crippen LogP contribution in [-0.4, -0.2) is 23.0 Å². The minimum Gasteiger partial charge on any atom is -0.481 e. The molecule has 4 nitrogen and oxygen atoms in total. The van der Waals surface area contributed by atoms with Crippen LogP contribution in [0.3, 0.4) is 0 Å². The highest BCUT2D eigenvalue weighted by Crippen LogP contribution is 2.21. The number of amides is 1. The third-order valence-corrected chi connectivity index (χ3v) is 4.01. The molecule has 2 N–H and O–H groups in total. The third-order valence-electron chi connectivity index (χ3n) is 4.01. The van der Waals surface area contributed by atoms with Crippen LogP contribution in [0.5, 0.6) is 0 Å². The van der Waals surface area contributed by atoms with Crippen LogP contribution >= 0.6 is 0 Å². The van der Waals surface area contributed by atoms with E-state index in [4.69, 9.17) is 5.11 Å². The summed E-state index contributed by atoms with van der Waals surface area (Å²) in [6.45, 7) is 3.97. The fourth-order valence-corrected chi connectivity index (χ4v) is 2.78. The van der Waals surface area contributed by atoms with Gasteiger partial charge in [0.1, 0.15) is 0 Å². The van der Waals surface area contributed by atoms with Crippen LogP contribution in [0.2, 0.25) is 0 Å². The van der Waals surface area contributed by atoms with Gasteiger partial charge in [0.05, 0.1) is 0 Å². The maximum atomic E-state index is 12.3. The number of rotatable bonds is 6. The molecule has 0 bridgehead atoms. The molecule has 0 aliphatic heterocycles. The molecule has 1 amide bonds. The summed E-state index contributed by atoms with van der Waals surface area (Å²) in [5.74, 6) is -0.777. The maximum absolute atomic E-state index is 12.3. The number of nitrogens with one attached hydrogen (secondary N) is 1. The zero-order chi connectivity index (χ0) is 14.3. The minimum atomic E-state index is -0.826. The highest BCUT2D eigenvalue weighted by molar-refractivity contribution is 5.79. The first kappa shape index (κ1) is 16.0. The van der Waals surface area contributed by atoms with Crippen molar-refractivity contribution in [2.75, 3.05) is 0 Å². The molecular formula is C15H27NO3. The monoisotopic (exact) mass is 269 g/mol. The number of aliphatic carboxylic acids is 1. The third kappa shape index (κ3) is 6.08. The van der Waals surface area contributed by atoms with Crippen LogP contribution < -0.4 is 5.32 Å². The smallest absolute Gasteiger partial charge is 0.303 e. The predicted octanol–water partition coefficient (Wildman–Crippen LogP) is 2.96. The second-order valence-electron chi connectivity index (χ2n) is 5.98. The van der Waals surface area contributed by atoms with E-state index in [9.17, 15) is 9.59 Å². The fraction of sp³-hybridized carbons (Fsp3) is 0.867. The second kappa shape index (κ2) is 8.18. The van der Waals surface area contributed by atoms with Crippen molar-refractivity contribution in [1.82, 2.24) is 5.32 Å². The Morgan fingerprint density at radius 1 is 1.16 bits per heavy atom. The van der Waals surface area contributed by atoms with E-state index in [2.05, 4.69) is 5.32 Å². The predicted molar refractivity (Wildman–Crippen MR) is 74.8 cm³/mol. The Labute approximate surface area is 116 Å². The summed E-state index contributed by atoms with van der Waals surface area (Å²) in [5.41, 5.74) is 0. The lowest BCUT2D eigenvalue weighted by atomic mass is 9.90. The Hall–Kier alpha value is -1.06. The number of carbonyl (C=O) groups is 2. The van der Waals surface area contributed by atoms with Gasteiger partial charge in [-0.05, 0) is 25.2 Å². The molecule has 0 heterocycles. The highest BCUT2D eigenvalue weighted by Gasteiger charge is 2.25. The topological polar surface area (TPSA) is 66.4 Å². The molecule has 1 aliphatic rings. The molecule has 1 fully saturated rings. The van der Waals surface area contributed by atoms with Crippen molar-refractivity contribution in [2.45, 2.75) is 71.3 Å². The van der Waals surface area contributed by atoms with Gasteiger partial charge in [-0.1, -0.05) is 39.5 Å². The molecule has 0 radical (unpaired) electrons. The maximum Gasteiger partial charge on any atom is 0.303 e. The van der Waals surface area contributed by atoms with E-state index in [1.807, 2.05) is 13.8 Å². The Morgan fingerprint density at radius 2 is 1.74 bits per heavy atom. The van der Waals surface area contributed by atoms with E-state index in [1.54, 1.807) is 0 Å². The van der Waals surface area contributed by atoms with Gasteiger partial charge in [-0.25, -0.2) is 0 Å². The number of carboxylic acids is 1. The molecule has 1 unspecified atom stereocenters. The van der Waals surface area contributed by atoms with Crippen molar-refractivity contribution in [3.8, 4) is 0 Å². The van der Waals surface area contributed by atoms with E-state index in [0.717, 1.165) is 12.8 Å². The molecular weight excluding hydrogens is 242 g/mol. The molecule has 0 aromatic carbocycles. The second-order valence-corrected chi connectivity index (χ2v) is 5.98. The van der Waals surface area contributed by atoms with Gasteiger partial charge in [-0.3, -0.25) is 9.59 Å². The molecule has 4 heteroatoms. The number of carbonyl (C=O) groups excluding carboxylic acids is 1.